The Morgan fingerprint density at radius 1 is 1.38 bits per heavy atom. The standard InChI is InChI=1S/C18H24F3NO2/c1-24-10-4-7-14-6-3-9-22(13-14)17(23)12-15-5-2-8-16(11-15)18(19,20)21/h2,5,8,11,14H,3-4,6-7,9-10,12-13H2,1H3/t14-/m0/s1. The Balaban J connectivity index is 1.92. The lowest BCUT2D eigenvalue weighted by atomic mass is 9.93. The van der Waals surface area contributed by atoms with Gasteiger partial charge in [-0.25, -0.2) is 0 Å². The third-order valence-corrected chi connectivity index (χ3v) is 4.44. The van der Waals surface area contributed by atoms with Crippen LogP contribution >= 0.6 is 0 Å². The number of rotatable bonds is 6. The first kappa shape index (κ1) is 18.8. The lowest BCUT2D eigenvalue weighted by Gasteiger charge is -2.33. The van der Waals surface area contributed by atoms with E-state index >= 15 is 0 Å². The van der Waals surface area contributed by atoms with E-state index in [4.69, 9.17) is 4.74 Å². The molecular weight excluding hydrogens is 319 g/mol. The number of amides is 1. The Morgan fingerprint density at radius 2 is 2.17 bits per heavy atom. The second kappa shape index (κ2) is 8.51. The second-order valence-electron chi connectivity index (χ2n) is 6.36. The number of hydrogen-bond donors (Lipinski definition) is 0. The molecule has 134 valence electrons. The number of halogens is 3. The van der Waals surface area contributed by atoms with Crippen molar-refractivity contribution >= 4 is 5.91 Å². The fourth-order valence-electron chi connectivity index (χ4n) is 3.19. The summed E-state index contributed by atoms with van der Waals surface area (Å²) in [6.07, 6.45) is -0.327. The lowest BCUT2D eigenvalue weighted by Crippen LogP contribution is -2.40. The molecule has 1 heterocycles. The summed E-state index contributed by atoms with van der Waals surface area (Å²) < 4.78 is 43.3. The molecule has 1 atom stereocenters. The van der Waals surface area contributed by atoms with Gasteiger partial charge in [0.2, 0.25) is 5.91 Å². The number of alkyl halides is 3. The first-order valence-electron chi connectivity index (χ1n) is 8.33. The van der Waals surface area contributed by atoms with E-state index < -0.39 is 11.7 Å². The quantitative estimate of drug-likeness (QED) is 0.733. The summed E-state index contributed by atoms with van der Waals surface area (Å²) in [5, 5.41) is 0. The van der Waals surface area contributed by atoms with Gasteiger partial charge in [0.15, 0.2) is 0 Å². The minimum Gasteiger partial charge on any atom is -0.385 e. The Bertz CT molecular complexity index is 545. The molecule has 0 spiro atoms. The van der Waals surface area contributed by atoms with Crippen LogP contribution in [0.1, 0.15) is 36.8 Å². The van der Waals surface area contributed by atoms with Gasteiger partial charge in [-0.15, -0.1) is 0 Å². The number of ether oxygens (including phenoxy) is 1. The molecule has 1 aliphatic rings. The highest BCUT2D eigenvalue weighted by Gasteiger charge is 2.30. The largest absolute Gasteiger partial charge is 0.416 e. The molecule has 1 fully saturated rings. The summed E-state index contributed by atoms with van der Waals surface area (Å²) >= 11 is 0. The van der Waals surface area contributed by atoms with Crippen molar-refractivity contribution in [3.8, 4) is 0 Å². The average Bonchev–Trinajstić information content (AvgIpc) is 2.55. The number of piperidine rings is 1. The van der Waals surface area contributed by atoms with Crippen molar-refractivity contribution in [2.75, 3.05) is 26.8 Å². The van der Waals surface area contributed by atoms with Gasteiger partial charge in [0.25, 0.3) is 0 Å². The van der Waals surface area contributed by atoms with Crippen LogP contribution in [0, 0.1) is 5.92 Å². The maximum atomic E-state index is 12.8. The van der Waals surface area contributed by atoms with Gasteiger partial charge in [-0.2, -0.15) is 13.2 Å². The van der Waals surface area contributed by atoms with Gasteiger partial charge in [0.1, 0.15) is 0 Å². The van der Waals surface area contributed by atoms with Crippen LogP contribution in [0.15, 0.2) is 24.3 Å². The molecule has 3 nitrogen and oxygen atoms in total. The van der Waals surface area contributed by atoms with E-state index in [0.29, 0.717) is 31.2 Å². The first-order valence-corrected chi connectivity index (χ1v) is 8.33. The number of carbonyl (C=O) groups excluding carboxylic acids is 1. The molecule has 0 unspecified atom stereocenters. The number of hydrogen-bond acceptors (Lipinski definition) is 2. The minimum atomic E-state index is -4.38. The van der Waals surface area contributed by atoms with Gasteiger partial charge in [-0.05, 0) is 43.2 Å². The van der Waals surface area contributed by atoms with Crippen molar-refractivity contribution in [2.45, 2.75) is 38.3 Å². The van der Waals surface area contributed by atoms with Crippen molar-refractivity contribution in [3.05, 3.63) is 35.4 Å². The van der Waals surface area contributed by atoms with Gasteiger partial charge in [0.05, 0.1) is 12.0 Å². The zero-order valence-electron chi connectivity index (χ0n) is 13.9. The van der Waals surface area contributed by atoms with E-state index in [-0.39, 0.29) is 12.3 Å². The highest BCUT2D eigenvalue weighted by Crippen LogP contribution is 2.30. The molecular formula is C18H24F3NO2. The number of benzene rings is 1. The molecule has 6 heteroatoms. The highest BCUT2D eigenvalue weighted by atomic mass is 19.4. The molecule has 1 aromatic carbocycles. The first-order chi connectivity index (χ1) is 11.4. The molecule has 0 aliphatic carbocycles. The third-order valence-electron chi connectivity index (χ3n) is 4.44. The van der Waals surface area contributed by atoms with E-state index in [2.05, 4.69) is 0 Å². The van der Waals surface area contributed by atoms with Crippen LogP contribution in [0.3, 0.4) is 0 Å². The summed E-state index contributed by atoms with van der Waals surface area (Å²) in [7, 11) is 1.67. The summed E-state index contributed by atoms with van der Waals surface area (Å²) in [5.74, 6) is 0.366. The van der Waals surface area contributed by atoms with E-state index in [1.165, 1.54) is 6.07 Å². The molecule has 0 aromatic heterocycles. The van der Waals surface area contributed by atoms with Crippen LogP contribution in [0.5, 0.6) is 0 Å². The van der Waals surface area contributed by atoms with Crippen molar-refractivity contribution in [1.82, 2.24) is 4.90 Å². The minimum absolute atomic E-state index is 0.0225. The molecule has 1 amide bonds. The van der Waals surface area contributed by atoms with E-state index in [1.807, 2.05) is 0 Å². The van der Waals surface area contributed by atoms with Gasteiger partial charge in [-0.3, -0.25) is 4.79 Å². The number of likely N-dealkylation sites (tertiary alicyclic amines) is 1. The fourth-order valence-corrected chi connectivity index (χ4v) is 3.19. The fraction of sp³-hybridized carbons (Fsp3) is 0.611. The number of carbonyl (C=O) groups is 1. The summed E-state index contributed by atoms with van der Waals surface area (Å²) in [4.78, 5) is 14.2. The molecule has 2 rings (SSSR count). The Kier molecular flexibility index (Phi) is 6.66. The van der Waals surface area contributed by atoms with Crippen LogP contribution in [0.25, 0.3) is 0 Å². The molecule has 0 saturated carbocycles. The topological polar surface area (TPSA) is 29.5 Å². The van der Waals surface area contributed by atoms with Crippen LogP contribution in [-0.4, -0.2) is 37.6 Å². The predicted molar refractivity (Wildman–Crippen MR) is 85.6 cm³/mol. The van der Waals surface area contributed by atoms with E-state index in [9.17, 15) is 18.0 Å². The second-order valence-corrected chi connectivity index (χ2v) is 6.36. The Labute approximate surface area is 140 Å². The molecule has 1 saturated heterocycles. The van der Waals surface area contributed by atoms with Crippen molar-refractivity contribution in [2.24, 2.45) is 5.92 Å². The van der Waals surface area contributed by atoms with Crippen molar-refractivity contribution in [1.29, 1.82) is 0 Å². The smallest absolute Gasteiger partial charge is 0.385 e. The third kappa shape index (κ3) is 5.51. The molecule has 1 aliphatic heterocycles. The zero-order chi connectivity index (χ0) is 17.6. The van der Waals surface area contributed by atoms with Crippen LogP contribution in [0.4, 0.5) is 13.2 Å². The average molecular weight is 343 g/mol. The van der Waals surface area contributed by atoms with E-state index in [1.54, 1.807) is 18.1 Å². The van der Waals surface area contributed by atoms with Crippen LogP contribution in [0.2, 0.25) is 0 Å². The highest BCUT2D eigenvalue weighted by molar-refractivity contribution is 5.79. The number of methoxy groups -OCH3 is 1. The summed E-state index contributed by atoms with van der Waals surface area (Å²) in [6, 6.07) is 5.03. The van der Waals surface area contributed by atoms with Gasteiger partial charge >= 0.3 is 6.18 Å². The van der Waals surface area contributed by atoms with Crippen LogP contribution in [-0.2, 0) is 22.1 Å². The molecule has 0 N–H and O–H groups in total. The van der Waals surface area contributed by atoms with Crippen LogP contribution < -0.4 is 0 Å². The maximum Gasteiger partial charge on any atom is 0.416 e. The summed E-state index contributed by atoms with van der Waals surface area (Å²) in [6.45, 7) is 2.11. The lowest BCUT2D eigenvalue weighted by molar-refractivity contribution is -0.138. The van der Waals surface area contributed by atoms with Gasteiger partial charge < -0.3 is 9.64 Å². The Morgan fingerprint density at radius 3 is 2.88 bits per heavy atom. The Hall–Kier alpha value is -1.56. The summed E-state index contributed by atoms with van der Waals surface area (Å²) in [5.41, 5.74) is -0.291. The van der Waals surface area contributed by atoms with E-state index in [0.717, 1.165) is 37.8 Å². The van der Waals surface area contributed by atoms with Crippen molar-refractivity contribution < 1.29 is 22.7 Å². The van der Waals surface area contributed by atoms with Gasteiger partial charge in [0, 0.05) is 26.8 Å². The maximum absolute atomic E-state index is 12.8. The molecule has 1 aromatic rings. The van der Waals surface area contributed by atoms with Gasteiger partial charge in [-0.1, -0.05) is 18.2 Å². The number of nitrogens with zero attached hydrogens (tertiary/aromatic N) is 1. The normalized spacial score (nSPS) is 18.7. The predicted octanol–water partition coefficient (Wildman–Crippen LogP) is 3.91. The molecule has 24 heavy (non-hydrogen) atoms. The zero-order valence-corrected chi connectivity index (χ0v) is 13.9. The SMILES string of the molecule is COCCC[C@@H]1CCCN(C(=O)Cc2cccc(C(F)(F)F)c2)C1. The monoisotopic (exact) mass is 343 g/mol. The molecule has 0 radical (unpaired) electrons. The van der Waals surface area contributed by atoms with Crippen molar-refractivity contribution in [3.63, 3.8) is 0 Å². The molecule has 0 bridgehead atoms.